The molecule has 62 valence electrons. The average Bonchev–Trinajstić information content (AvgIpc) is 2.37. The number of thioether (sulfide) groups is 1. The van der Waals surface area contributed by atoms with Gasteiger partial charge in [-0.3, -0.25) is 16.4 Å². The number of hydrazine groups is 1. The smallest absolute Gasteiger partial charge is 0.208 e. The SMILES string of the molecule is Cc1nc(SCCNN)n[nH]1. The summed E-state index contributed by atoms with van der Waals surface area (Å²) in [5.74, 6) is 6.81. The van der Waals surface area contributed by atoms with E-state index in [4.69, 9.17) is 5.84 Å². The number of aryl methyl sites for hydroxylation is 1. The molecule has 6 heteroatoms. The summed E-state index contributed by atoms with van der Waals surface area (Å²) >= 11 is 1.57. The zero-order chi connectivity index (χ0) is 8.10. The Morgan fingerprint density at radius 3 is 3.09 bits per heavy atom. The molecule has 1 aromatic rings. The zero-order valence-electron chi connectivity index (χ0n) is 6.29. The Hall–Kier alpha value is -0.590. The van der Waals surface area contributed by atoms with Gasteiger partial charge >= 0.3 is 0 Å². The van der Waals surface area contributed by atoms with E-state index in [0.717, 1.165) is 23.3 Å². The van der Waals surface area contributed by atoms with Crippen LogP contribution < -0.4 is 11.3 Å². The molecule has 0 aliphatic rings. The van der Waals surface area contributed by atoms with Crippen molar-refractivity contribution in [2.45, 2.75) is 12.1 Å². The van der Waals surface area contributed by atoms with Crippen LogP contribution in [0.1, 0.15) is 5.82 Å². The number of rotatable bonds is 4. The number of H-pyrrole nitrogens is 1. The molecule has 0 spiro atoms. The van der Waals surface area contributed by atoms with Crippen molar-refractivity contribution < 1.29 is 0 Å². The van der Waals surface area contributed by atoms with Gasteiger partial charge in [-0.2, -0.15) is 0 Å². The molecule has 0 bridgehead atoms. The van der Waals surface area contributed by atoms with Crippen molar-refractivity contribution in [3.8, 4) is 0 Å². The first-order valence-corrected chi connectivity index (χ1v) is 4.27. The van der Waals surface area contributed by atoms with Crippen LogP contribution in [0.5, 0.6) is 0 Å². The van der Waals surface area contributed by atoms with Crippen LogP contribution in [0.25, 0.3) is 0 Å². The van der Waals surface area contributed by atoms with E-state index in [1.165, 1.54) is 0 Å². The lowest BCUT2D eigenvalue weighted by molar-refractivity contribution is 0.786. The highest BCUT2D eigenvalue weighted by Crippen LogP contribution is 2.09. The Kier molecular flexibility index (Phi) is 3.34. The molecule has 0 unspecified atom stereocenters. The van der Waals surface area contributed by atoms with Gasteiger partial charge in [-0.15, -0.1) is 5.10 Å². The van der Waals surface area contributed by atoms with E-state index in [9.17, 15) is 0 Å². The molecule has 0 aliphatic heterocycles. The van der Waals surface area contributed by atoms with E-state index in [0.29, 0.717) is 0 Å². The van der Waals surface area contributed by atoms with E-state index in [1.807, 2.05) is 6.92 Å². The van der Waals surface area contributed by atoms with Gasteiger partial charge in [0.15, 0.2) is 0 Å². The molecule has 11 heavy (non-hydrogen) atoms. The molecule has 4 N–H and O–H groups in total. The summed E-state index contributed by atoms with van der Waals surface area (Å²) in [5.41, 5.74) is 2.56. The van der Waals surface area contributed by atoms with Crippen molar-refractivity contribution in [3.05, 3.63) is 5.82 Å². The average molecular weight is 173 g/mol. The maximum absolute atomic E-state index is 5.09. The van der Waals surface area contributed by atoms with E-state index >= 15 is 0 Å². The first-order valence-electron chi connectivity index (χ1n) is 3.28. The summed E-state index contributed by atoms with van der Waals surface area (Å²) in [5, 5.41) is 7.48. The predicted molar refractivity (Wildman–Crippen MR) is 44.0 cm³/mol. The number of aromatic nitrogens is 3. The maximum atomic E-state index is 5.09. The second-order valence-corrected chi connectivity index (χ2v) is 3.07. The highest BCUT2D eigenvalue weighted by atomic mass is 32.2. The topological polar surface area (TPSA) is 79.6 Å². The fourth-order valence-electron chi connectivity index (χ4n) is 0.588. The summed E-state index contributed by atoms with van der Waals surface area (Å²) in [7, 11) is 0. The zero-order valence-corrected chi connectivity index (χ0v) is 7.11. The van der Waals surface area contributed by atoms with Gasteiger partial charge in [-0.1, -0.05) is 11.8 Å². The number of hydrogen-bond donors (Lipinski definition) is 3. The molecule has 0 aliphatic carbocycles. The maximum Gasteiger partial charge on any atom is 0.208 e. The number of nitrogens with zero attached hydrogens (tertiary/aromatic N) is 2. The molecule has 5 nitrogen and oxygen atoms in total. The fraction of sp³-hybridized carbons (Fsp3) is 0.600. The summed E-state index contributed by atoms with van der Waals surface area (Å²) in [6, 6.07) is 0. The molecule has 0 radical (unpaired) electrons. The Morgan fingerprint density at radius 2 is 2.55 bits per heavy atom. The number of hydrogen-bond acceptors (Lipinski definition) is 5. The van der Waals surface area contributed by atoms with Gasteiger partial charge in [0.05, 0.1) is 0 Å². The molecule has 0 saturated heterocycles. The van der Waals surface area contributed by atoms with Gasteiger partial charge in [0.1, 0.15) is 5.82 Å². The van der Waals surface area contributed by atoms with Crippen LogP contribution in [0.3, 0.4) is 0 Å². The van der Waals surface area contributed by atoms with Crippen LogP contribution in [0, 0.1) is 6.92 Å². The molecule has 0 aromatic carbocycles. The van der Waals surface area contributed by atoms with Crippen molar-refractivity contribution in [2.24, 2.45) is 5.84 Å². The van der Waals surface area contributed by atoms with Crippen molar-refractivity contribution >= 4 is 11.8 Å². The van der Waals surface area contributed by atoms with E-state index in [1.54, 1.807) is 11.8 Å². The minimum Gasteiger partial charge on any atom is -0.271 e. The lowest BCUT2D eigenvalue weighted by Crippen LogP contribution is -2.24. The first kappa shape index (κ1) is 8.51. The van der Waals surface area contributed by atoms with Crippen LogP contribution >= 0.6 is 11.8 Å². The Morgan fingerprint density at radius 1 is 1.73 bits per heavy atom. The highest BCUT2D eigenvalue weighted by Gasteiger charge is 1.98. The summed E-state index contributed by atoms with van der Waals surface area (Å²) in [4.78, 5) is 4.11. The lowest BCUT2D eigenvalue weighted by atomic mass is 10.8. The Balaban J connectivity index is 2.27. The van der Waals surface area contributed by atoms with E-state index in [2.05, 4.69) is 20.6 Å². The molecule has 1 aromatic heterocycles. The van der Waals surface area contributed by atoms with Gasteiger partial charge in [0.25, 0.3) is 0 Å². The molecular formula is C5H11N5S. The molecule has 1 rings (SSSR count). The van der Waals surface area contributed by atoms with Crippen molar-refractivity contribution in [3.63, 3.8) is 0 Å². The lowest BCUT2D eigenvalue weighted by Gasteiger charge is -1.93. The van der Waals surface area contributed by atoms with Crippen LogP contribution in [0.2, 0.25) is 0 Å². The van der Waals surface area contributed by atoms with Gasteiger partial charge in [0.2, 0.25) is 5.16 Å². The van der Waals surface area contributed by atoms with Gasteiger partial charge in [-0.25, -0.2) is 4.98 Å². The van der Waals surface area contributed by atoms with Crippen molar-refractivity contribution in [1.29, 1.82) is 0 Å². The van der Waals surface area contributed by atoms with Gasteiger partial charge in [-0.05, 0) is 6.92 Å². The van der Waals surface area contributed by atoms with Crippen LogP contribution in [-0.2, 0) is 0 Å². The molecule has 0 atom stereocenters. The fourth-order valence-corrected chi connectivity index (χ4v) is 1.30. The normalized spacial score (nSPS) is 10.4. The first-order chi connectivity index (χ1) is 5.33. The monoisotopic (exact) mass is 173 g/mol. The number of nitrogens with two attached hydrogens (primary N) is 1. The van der Waals surface area contributed by atoms with E-state index < -0.39 is 0 Å². The summed E-state index contributed by atoms with van der Waals surface area (Å²) < 4.78 is 0. The minimum atomic E-state index is 0.762. The quantitative estimate of drug-likeness (QED) is 0.251. The van der Waals surface area contributed by atoms with Gasteiger partial charge < -0.3 is 0 Å². The van der Waals surface area contributed by atoms with Gasteiger partial charge in [0, 0.05) is 12.3 Å². The predicted octanol–water partition coefficient (Wildman–Crippen LogP) is -0.331. The van der Waals surface area contributed by atoms with Crippen LogP contribution in [0.15, 0.2) is 5.16 Å². The largest absolute Gasteiger partial charge is 0.271 e. The molecule has 0 saturated carbocycles. The third-order valence-electron chi connectivity index (χ3n) is 1.05. The molecule has 0 amide bonds. The van der Waals surface area contributed by atoms with Crippen molar-refractivity contribution in [1.82, 2.24) is 20.6 Å². The Labute approximate surface area is 69.1 Å². The third-order valence-corrected chi connectivity index (χ3v) is 1.90. The second-order valence-electron chi connectivity index (χ2n) is 2.01. The highest BCUT2D eigenvalue weighted by molar-refractivity contribution is 7.99. The second kappa shape index (κ2) is 4.32. The van der Waals surface area contributed by atoms with Crippen LogP contribution in [-0.4, -0.2) is 27.5 Å². The summed E-state index contributed by atoms with van der Waals surface area (Å²) in [6.45, 7) is 2.64. The standard InChI is InChI=1S/C5H11N5S/c1-4-8-5(10-9-4)11-3-2-7-6/h7H,2-3,6H2,1H3,(H,8,9,10). The van der Waals surface area contributed by atoms with Crippen LogP contribution in [0.4, 0.5) is 0 Å². The van der Waals surface area contributed by atoms with Crippen molar-refractivity contribution in [2.75, 3.05) is 12.3 Å². The third kappa shape index (κ3) is 2.87. The summed E-state index contributed by atoms with van der Waals surface area (Å²) in [6.07, 6.45) is 0. The molecule has 0 fully saturated rings. The molecular weight excluding hydrogens is 162 g/mol. The van der Waals surface area contributed by atoms with E-state index in [-0.39, 0.29) is 0 Å². The number of nitrogens with one attached hydrogen (secondary N) is 2. The Bertz CT molecular complexity index is 210. The number of aromatic amines is 1. The molecule has 1 heterocycles. The minimum absolute atomic E-state index is 0.762.